The standard InChI is InChI=1S/C24H48N6O11/c25-23(31)2-5-33-7-9-35-13-14-38-17-18-40-21-22(29-30-26)1-4-28-24(32)3-6-34-8-10-36-11-12-37-15-16-39-19-20-41-27/h22H,1-21,27H2,(H2,25,31)(H,28,32). The van der Waals surface area contributed by atoms with Crippen molar-refractivity contribution in [3.63, 3.8) is 0 Å². The Morgan fingerprint density at radius 3 is 1.51 bits per heavy atom. The molecule has 0 aromatic rings. The maximum absolute atomic E-state index is 12.0. The molecule has 41 heavy (non-hydrogen) atoms. The lowest BCUT2D eigenvalue weighted by Crippen LogP contribution is -2.29. The summed E-state index contributed by atoms with van der Waals surface area (Å²) >= 11 is 0. The molecule has 240 valence electrons. The molecule has 0 heterocycles. The van der Waals surface area contributed by atoms with Crippen LogP contribution in [0.2, 0.25) is 0 Å². The monoisotopic (exact) mass is 596 g/mol. The number of ether oxygens (including phenoxy) is 8. The van der Waals surface area contributed by atoms with E-state index in [-0.39, 0.29) is 38.6 Å². The highest BCUT2D eigenvalue weighted by atomic mass is 16.6. The molecule has 0 aromatic carbocycles. The summed E-state index contributed by atoms with van der Waals surface area (Å²) < 4.78 is 42.7. The zero-order valence-electron chi connectivity index (χ0n) is 23.9. The molecule has 0 bridgehead atoms. The second-order valence-electron chi connectivity index (χ2n) is 8.20. The summed E-state index contributed by atoms with van der Waals surface area (Å²) in [4.78, 5) is 29.7. The van der Waals surface area contributed by atoms with Crippen LogP contribution in [0.25, 0.3) is 10.4 Å². The van der Waals surface area contributed by atoms with Crippen molar-refractivity contribution in [2.45, 2.75) is 25.3 Å². The zero-order valence-corrected chi connectivity index (χ0v) is 23.9. The van der Waals surface area contributed by atoms with Gasteiger partial charge in [-0.05, 0) is 12.0 Å². The smallest absolute Gasteiger partial charge is 0.222 e. The average Bonchev–Trinajstić information content (AvgIpc) is 2.95. The third kappa shape index (κ3) is 32.2. The number of nitrogens with two attached hydrogens (primary N) is 2. The van der Waals surface area contributed by atoms with Crippen LogP contribution in [0.1, 0.15) is 19.3 Å². The first-order valence-corrected chi connectivity index (χ1v) is 13.6. The first kappa shape index (κ1) is 38.9. The number of rotatable bonds is 33. The Morgan fingerprint density at radius 2 is 1.07 bits per heavy atom. The van der Waals surface area contributed by atoms with Crippen LogP contribution < -0.4 is 16.9 Å². The summed E-state index contributed by atoms with van der Waals surface area (Å²) in [6, 6.07) is -0.408. The summed E-state index contributed by atoms with van der Waals surface area (Å²) in [5.74, 6) is 4.32. The van der Waals surface area contributed by atoms with Crippen LogP contribution in [0.15, 0.2) is 5.11 Å². The van der Waals surface area contributed by atoms with E-state index in [1.807, 2.05) is 0 Å². The number of amides is 2. The van der Waals surface area contributed by atoms with Crippen LogP contribution in [-0.2, 0) is 52.3 Å². The molecule has 0 saturated heterocycles. The maximum Gasteiger partial charge on any atom is 0.222 e. The van der Waals surface area contributed by atoms with Gasteiger partial charge in [-0.25, -0.2) is 5.90 Å². The summed E-state index contributed by atoms with van der Waals surface area (Å²) in [5.41, 5.74) is 13.8. The van der Waals surface area contributed by atoms with E-state index in [4.69, 9.17) is 55.1 Å². The summed E-state index contributed by atoms with van der Waals surface area (Å²) in [6.07, 6.45) is 0.844. The van der Waals surface area contributed by atoms with Crippen molar-refractivity contribution in [3.8, 4) is 0 Å². The van der Waals surface area contributed by atoms with Crippen molar-refractivity contribution in [3.05, 3.63) is 10.4 Å². The highest BCUT2D eigenvalue weighted by molar-refractivity contribution is 5.75. The Labute approximate surface area is 241 Å². The van der Waals surface area contributed by atoms with Gasteiger partial charge in [-0.1, -0.05) is 5.11 Å². The van der Waals surface area contributed by atoms with Gasteiger partial charge < -0.3 is 53.8 Å². The van der Waals surface area contributed by atoms with Gasteiger partial charge in [0.25, 0.3) is 0 Å². The number of primary amides is 1. The number of carbonyl (C=O) groups excluding carboxylic acids is 2. The number of nitrogens with zero attached hydrogens (tertiary/aromatic N) is 3. The van der Waals surface area contributed by atoms with Gasteiger partial charge in [-0.2, -0.15) is 0 Å². The van der Waals surface area contributed by atoms with Crippen LogP contribution in [0, 0.1) is 0 Å². The first-order chi connectivity index (χ1) is 20.1. The summed E-state index contributed by atoms with van der Waals surface area (Å²) in [5, 5.41) is 6.48. The molecule has 5 N–H and O–H groups in total. The Balaban J connectivity index is 3.51. The lowest BCUT2D eigenvalue weighted by Gasteiger charge is -2.13. The van der Waals surface area contributed by atoms with Crippen LogP contribution in [0.3, 0.4) is 0 Å². The predicted molar refractivity (Wildman–Crippen MR) is 146 cm³/mol. The van der Waals surface area contributed by atoms with Crippen LogP contribution >= 0.6 is 0 Å². The number of carbonyl (C=O) groups is 2. The second-order valence-corrected chi connectivity index (χ2v) is 8.20. The highest BCUT2D eigenvalue weighted by Gasteiger charge is 2.08. The lowest BCUT2D eigenvalue weighted by molar-refractivity contribution is -0.122. The molecule has 0 aliphatic heterocycles. The van der Waals surface area contributed by atoms with Crippen LogP contribution in [-0.4, -0.2) is 137 Å². The first-order valence-electron chi connectivity index (χ1n) is 13.6. The summed E-state index contributed by atoms with van der Waals surface area (Å²) in [7, 11) is 0. The second kappa shape index (κ2) is 32.4. The Morgan fingerprint density at radius 1 is 0.659 bits per heavy atom. The van der Waals surface area contributed by atoms with Crippen molar-refractivity contribution in [1.82, 2.24) is 5.32 Å². The highest BCUT2D eigenvalue weighted by Crippen LogP contribution is 2.00. The fourth-order valence-electron chi connectivity index (χ4n) is 2.80. The molecule has 2 amide bonds. The van der Waals surface area contributed by atoms with E-state index in [1.165, 1.54) is 0 Å². The number of nitrogens with one attached hydrogen (secondary N) is 1. The van der Waals surface area contributed by atoms with Gasteiger partial charge in [0, 0.05) is 24.3 Å². The number of azide groups is 1. The molecule has 0 rings (SSSR count). The molecule has 0 saturated carbocycles. The molecular formula is C24H48N6O11. The lowest BCUT2D eigenvalue weighted by atomic mass is 10.2. The molecular weight excluding hydrogens is 548 g/mol. The van der Waals surface area contributed by atoms with E-state index >= 15 is 0 Å². The Bertz CT molecular complexity index is 660. The van der Waals surface area contributed by atoms with Crippen molar-refractivity contribution in [2.24, 2.45) is 16.7 Å². The van der Waals surface area contributed by atoms with Gasteiger partial charge in [0.1, 0.15) is 0 Å². The Hall–Kier alpha value is -2.15. The van der Waals surface area contributed by atoms with Crippen molar-refractivity contribution < 1.29 is 52.3 Å². The minimum atomic E-state index is -0.408. The molecule has 0 aliphatic carbocycles. The van der Waals surface area contributed by atoms with Gasteiger partial charge in [0.15, 0.2) is 0 Å². The quantitative estimate of drug-likeness (QED) is 0.0285. The van der Waals surface area contributed by atoms with E-state index < -0.39 is 11.9 Å². The minimum Gasteiger partial charge on any atom is -0.379 e. The Kier molecular flexibility index (Phi) is 30.7. The number of hydrogen-bond acceptors (Lipinski definition) is 13. The fourth-order valence-corrected chi connectivity index (χ4v) is 2.80. The largest absolute Gasteiger partial charge is 0.379 e. The van der Waals surface area contributed by atoms with Crippen molar-refractivity contribution >= 4 is 11.8 Å². The SMILES string of the molecule is [N-]=[N+]=NC(CCNC(=O)CCOCCOCCOCCOCCON)COCCOCCOCCOCCC(N)=O. The molecule has 17 heteroatoms. The third-order valence-electron chi connectivity index (χ3n) is 4.87. The minimum absolute atomic E-state index is 0.159. The van der Waals surface area contributed by atoms with E-state index in [1.54, 1.807) is 0 Å². The van der Waals surface area contributed by atoms with E-state index in [2.05, 4.69) is 20.2 Å². The van der Waals surface area contributed by atoms with Crippen molar-refractivity contribution in [2.75, 3.05) is 119 Å². The fraction of sp³-hybridized carbons (Fsp3) is 0.917. The molecule has 0 aliphatic rings. The van der Waals surface area contributed by atoms with Gasteiger partial charge in [-0.15, -0.1) is 0 Å². The molecule has 1 unspecified atom stereocenters. The van der Waals surface area contributed by atoms with E-state index in [0.29, 0.717) is 105 Å². The van der Waals surface area contributed by atoms with Crippen LogP contribution in [0.5, 0.6) is 0 Å². The third-order valence-corrected chi connectivity index (χ3v) is 4.87. The van der Waals surface area contributed by atoms with Gasteiger partial charge in [0.05, 0.1) is 118 Å². The average molecular weight is 597 g/mol. The normalized spacial score (nSPS) is 11.7. The zero-order chi connectivity index (χ0) is 30.1. The van der Waals surface area contributed by atoms with Crippen molar-refractivity contribution in [1.29, 1.82) is 0 Å². The molecule has 1 atom stereocenters. The molecule has 17 nitrogen and oxygen atoms in total. The summed E-state index contributed by atoms with van der Waals surface area (Å²) in [6.45, 7) is 6.73. The van der Waals surface area contributed by atoms with Gasteiger partial charge in [0.2, 0.25) is 11.8 Å². The van der Waals surface area contributed by atoms with Crippen LogP contribution in [0.4, 0.5) is 0 Å². The van der Waals surface area contributed by atoms with Gasteiger partial charge >= 0.3 is 0 Å². The molecule has 0 radical (unpaired) electrons. The van der Waals surface area contributed by atoms with E-state index in [9.17, 15) is 9.59 Å². The van der Waals surface area contributed by atoms with Gasteiger partial charge in [-0.3, -0.25) is 9.59 Å². The predicted octanol–water partition coefficient (Wildman–Crippen LogP) is -0.540. The molecule has 0 aromatic heterocycles. The topological polar surface area (TPSA) is 230 Å². The number of hydrogen-bond donors (Lipinski definition) is 3. The molecule has 0 spiro atoms. The molecule has 0 fully saturated rings. The maximum atomic E-state index is 12.0. The van der Waals surface area contributed by atoms with E-state index in [0.717, 1.165) is 0 Å².